The van der Waals surface area contributed by atoms with Gasteiger partial charge in [0, 0.05) is 25.7 Å². The van der Waals surface area contributed by atoms with E-state index in [2.05, 4.69) is 5.10 Å². The number of alkyl halides is 2. The number of nitrogens with two attached hydrogens (primary N) is 1. The standard InChI is InChI=1S/C13H14F2N4O3S.C5H9NO/c1-8-12(7-18(17-8)13(14)15)23(20,21)19-4-5-22-11-3-2-9(16)6-10(11)19;1-5(7)6-3-2-4-6/h2-3,6-7,13H,4-5,16H2,1H3;2-4H2,1H3. The zero-order valence-electron chi connectivity index (χ0n) is 16.6. The fraction of sp³-hybridized carbons (Fsp3) is 0.444. The second kappa shape index (κ2) is 8.46. The van der Waals surface area contributed by atoms with Gasteiger partial charge in [0.25, 0.3) is 10.0 Å². The molecule has 3 heterocycles. The molecule has 1 saturated heterocycles. The number of ether oxygens (including phenoxy) is 1. The van der Waals surface area contributed by atoms with E-state index >= 15 is 0 Å². The summed E-state index contributed by atoms with van der Waals surface area (Å²) in [4.78, 5) is 11.9. The molecule has 1 amide bonds. The Hall–Kier alpha value is -2.89. The maximum Gasteiger partial charge on any atom is 0.333 e. The highest BCUT2D eigenvalue weighted by Gasteiger charge is 2.33. The lowest BCUT2D eigenvalue weighted by Crippen LogP contribution is -2.40. The van der Waals surface area contributed by atoms with E-state index in [1.165, 1.54) is 19.4 Å². The van der Waals surface area contributed by atoms with Crippen LogP contribution in [-0.4, -0.2) is 55.2 Å². The third kappa shape index (κ3) is 4.32. The number of aromatic nitrogens is 2. The van der Waals surface area contributed by atoms with Gasteiger partial charge in [0.15, 0.2) is 0 Å². The first-order valence-corrected chi connectivity index (χ1v) is 10.7. The van der Waals surface area contributed by atoms with Crippen LogP contribution in [0.5, 0.6) is 5.75 Å². The van der Waals surface area contributed by atoms with Crippen LogP contribution in [0.4, 0.5) is 20.2 Å². The highest BCUT2D eigenvalue weighted by atomic mass is 32.2. The molecule has 0 atom stereocenters. The predicted octanol–water partition coefficient (Wildman–Crippen LogP) is 2.00. The number of carbonyl (C=O) groups excluding carboxylic acids is 1. The summed E-state index contributed by atoms with van der Waals surface area (Å²) in [5, 5.41) is 3.55. The topological polar surface area (TPSA) is 111 Å². The van der Waals surface area contributed by atoms with Gasteiger partial charge in [0.2, 0.25) is 5.91 Å². The van der Waals surface area contributed by atoms with Gasteiger partial charge in [-0.15, -0.1) is 0 Å². The highest BCUT2D eigenvalue weighted by molar-refractivity contribution is 7.92. The zero-order chi connectivity index (χ0) is 22.1. The fourth-order valence-electron chi connectivity index (χ4n) is 3.03. The number of amides is 1. The highest BCUT2D eigenvalue weighted by Crippen LogP contribution is 2.37. The largest absolute Gasteiger partial charge is 0.489 e. The second-order valence-electron chi connectivity index (χ2n) is 6.85. The van der Waals surface area contributed by atoms with E-state index in [1.54, 1.807) is 19.1 Å². The first kappa shape index (κ1) is 21.8. The lowest BCUT2D eigenvalue weighted by Gasteiger charge is -2.30. The van der Waals surface area contributed by atoms with Crippen LogP contribution in [0.25, 0.3) is 0 Å². The molecule has 164 valence electrons. The Morgan fingerprint density at radius 2 is 1.97 bits per heavy atom. The van der Waals surface area contributed by atoms with Crippen molar-refractivity contribution >= 4 is 27.3 Å². The minimum atomic E-state index is -4.05. The van der Waals surface area contributed by atoms with E-state index in [-0.39, 0.29) is 35.3 Å². The third-order valence-electron chi connectivity index (χ3n) is 4.74. The number of hydrogen-bond donors (Lipinski definition) is 1. The molecule has 2 aromatic rings. The Morgan fingerprint density at radius 3 is 2.47 bits per heavy atom. The van der Waals surface area contributed by atoms with Crippen molar-refractivity contribution in [2.45, 2.75) is 31.7 Å². The van der Waals surface area contributed by atoms with Crippen LogP contribution in [0.3, 0.4) is 0 Å². The molecule has 1 aromatic carbocycles. The molecule has 0 aliphatic carbocycles. The molecule has 2 N–H and O–H groups in total. The number of sulfonamides is 1. The van der Waals surface area contributed by atoms with Crippen molar-refractivity contribution < 1.29 is 26.7 Å². The van der Waals surface area contributed by atoms with Crippen molar-refractivity contribution in [1.82, 2.24) is 14.7 Å². The fourth-order valence-corrected chi connectivity index (χ4v) is 4.64. The summed E-state index contributed by atoms with van der Waals surface area (Å²) < 4.78 is 58.0. The van der Waals surface area contributed by atoms with E-state index in [9.17, 15) is 22.0 Å². The number of fused-ring (bicyclic) bond motifs is 1. The summed E-state index contributed by atoms with van der Waals surface area (Å²) in [6.45, 7) is 2.23. The van der Waals surface area contributed by atoms with E-state index in [0.717, 1.165) is 23.6 Å². The second-order valence-corrected chi connectivity index (χ2v) is 8.68. The van der Waals surface area contributed by atoms with Crippen molar-refractivity contribution in [3.8, 4) is 5.75 Å². The summed E-state index contributed by atoms with van der Waals surface area (Å²) in [5.74, 6) is 0.583. The van der Waals surface area contributed by atoms with E-state index in [0.29, 0.717) is 16.1 Å². The Labute approximate surface area is 173 Å². The number of carbonyl (C=O) groups is 1. The third-order valence-corrected chi connectivity index (χ3v) is 6.66. The Bertz CT molecular complexity index is 1040. The van der Waals surface area contributed by atoms with Crippen molar-refractivity contribution in [3.63, 3.8) is 0 Å². The van der Waals surface area contributed by atoms with Crippen LogP contribution >= 0.6 is 0 Å². The summed E-state index contributed by atoms with van der Waals surface area (Å²) in [6.07, 6.45) is 2.02. The van der Waals surface area contributed by atoms with Crippen LogP contribution in [0.1, 0.15) is 25.6 Å². The smallest absolute Gasteiger partial charge is 0.333 e. The van der Waals surface area contributed by atoms with E-state index < -0.39 is 16.6 Å². The number of rotatable bonds is 3. The molecule has 2 aliphatic rings. The Balaban J connectivity index is 0.000000310. The summed E-state index contributed by atoms with van der Waals surface area (Å²) in [5.41, 5.74) is 6.36. The van der Waals surface area contributed by atoms with Crippen molar-refractivity contribution in [3.05, 3.63) is 30.1 Å². The molecule has 0 saturated carbocycles. The molecule has 0 unspecified atom stereocenters. The molecule has 1 aromatic heterocycles. The normalized spacial score (nSPS) is 15.6. The average molecular weight is 443 g/mol. The molecule has 1 fully saturated rings. The molecular formula is C18H23F2N5O4S. The van der Waals surface area contributed by atoms with Gasteiger partial charge in [0.1, 0.15) is 17.3 Å². The van der Waals surface area contributed by atoms with Gasteiger partial charge >= 0.3 is 6.55 Å². The average Bonchev–Trinajstić information content (AvgIpc) is 3.02. The number of benzene rings is 1. The molecule has 0 bridgehead atoms. The molecule has 4 rings (SSSR count). The number of hydrogen-bond acceptors (Lipinski definition) is 6. The Morgan fingerprint density at radius 1 is 1.27 bits per heavy atom. The lowest BCUT2D eigenvalue weighted by molar-refractivity contribution is -0.132. The van der Waals surface area contributed by atoms with Crippen molar-refractivity contribution in [2.75, 3.05) is 36.3 Å². The predicted molar refractivity (Wildman–Crippen MR) is 106 cm³/mol. The van der Waals surface area contributed by atoms with Crippen LogP contribution in [0.15, 0.2) is 29.3 Å². The lowest BCUT2D eigenvalue weighted by atomic mass is 10.2. The molecule has 30 heavy (non-hydrogen) atoms. The van der Waals surface area contributed by atoms with Gasteiger partial charge in [-0.25, -0.2) is 13.1 Å². The number of likely N-dealkylation sites (tertiary alicyclic amines) is 1. The van der Waals surface area contributed by atoms with Crippen LogP contribution in [-0.2, 0) is 14.8 Å². The van der Waals surface area contributed by atoms with Gasteiger partial charge in [-0.05, 0) is 31.5 Å². The molecule has 2 aliphatic heterocycles. The first-order valence-electron chi connectivity index (χ1n) is 9.25. The van der Waals surface area contributed by atoms with Gasteiger partial charge in [-0.3, -0.25) is 9.10 Å². The number of nitrogen functional groups attached to an aromatic ring is 1. The van der Waals surface area contributed by atoms with Crippen LogP contribution in [0, 0.1) is 6.92 Å². The quantitative estimate of drug-likeness (QED) is 0.727. The minimum Gasteiger partial charge on any atom is -0.489 e. The van der Waals surface area contributed by atoms with Gasteiger partial charge in [0.05, 0.1) is 24.1 Å². The SMILES string of the molecule is CC(=O)N1CCC1.Cc1nn(C(F)F)cc1S(=O)(=O)N1CCOc2ccc(N)cc21. The maximum atomic E-state index is 12.8. The zero-order valence-corrected chi connectivity index (χ0v) is 17.4. The van der Waals surface area contributed by atoms with Crippen molar-refractivity contribution in [1.29, 1.82) is 0 Å². The molecule has 9 nitrogen and oxygen atoms in total. The summed E-state index contributed by atoms with van der Waals surface area (Å²) in [7, 11) is -4.05. The number of nitrogens with zero attached hydrogens (tertiary/aromatic N) is 4. The van der Waals surface area contributed by atoms with E-state index in [1.807, 2.05) is 4.90 Å². The maximum absolute atomic E-state index is 12.8. The van der Waals surface area contributed by atoms with Crippen molar-refractivity contribution in [2.24, 2.45) is 0 Å². The summed E-state index contributed by atoms with van der Waals surface area (Å²) in [6, 6.07) is 4.63. The van der Waals surface area contributed by atoms with Crippen LogP contribution < -0.4 is 14.8 Å². The molecule has 0 spiro atoms. The van der Waals surface area contributed by atoms with Crippen LogP contribution in [0.2, 0.25) is 0 Å². The van der Waals surface area contributed by atoms with Gasteiger partial charge < -0.3 is 15.4 Å². The van der Waals surface area contributed by atoms with Gasteiger partial charge in [-0.1, -0.05) is 0 Å². The Kier molecular flexibility index (Phi) is 6.15. The molecule has 0 radical (unpaired) electrons. The number of aryl methyl sites for hydroxylation is 1. The number of anilines is 2. The summed E-state index contributed by atoms with van der Waals surface area (Å²) >= 11 is 0. The monoisotopic (exact) mass is 443 g/mol. The molecular weight excluding hydrogens is 420 g/mol. The molecule has 12 heteroatoms. The van der Waals surface area contributed by atoms with Gasteiger partial charge in [-0.2, -0.15) is 13.9 Å². The van der Waals surface area contributed by atoms with E-state index in [4.69, 9.17) is 10.5 Å². The minimum absolute atomic E-state index is 0.00208. The first-order chi connectivity index (χ1) is 14.1. The number of halogens is 2.